The molecule has 2 heterocycles. The number of halogens is 2. The van der Waals surface area contributed by atoms with E-state index in [0.29, 0.717) is 31.7 Å². The molecule has 5 nitrogen and oxygen atoms in total. The molecule has 26 heavy (non-hydrogen) atoms. The Kier molecular flexibility index (Phi) is 5.53. The summed E-state index contributed by atoms with van der Waals surface area (Å²) >= 11 is 0. The van der Waals surface area contributed by atoms with Crippen molar-refractivity contribution in [2.24, 2.45) is 11.3 Å². The van der Waals surface area contributed by atoms with Crippen LogP contribution >= 0.6 is 12.4 Å². The first-order valence-electron chi connectivity index (χ1n) is 9.13. The van der Waals surface area contributed by atoms with Gasteiger partial charge in [0.1, 0.15) is 5.82 Å². The van der Waals surface area contributed by atoms with Crippen molar-refractivity contribution >= 4 is 24.2 Å². The number of rotatable bonds is 2. The van der Waals surface area contributed by atoms with Gasteiger partial charge in [0, 0.05) is 37.7 Å². The van der Waals surface area contributed by atoms with E-state index in [4.69, 9.17) is 0 Å². The summed E-state index contributed by atoms with van der Waals surface area (Å²) in [5.41, 5.74) is 0.751. The van der Waals surface area contributed by atoms with Gasteiger partial charge in [-0.2, -0.15) is 0 Å². The number of piperidine rings is 1. The minimum atomic E-state index is -0.344. The normalized spacial score (nSPS) is 24.1. The summed E-state index contributed by atoms with van der Waals surface area (Å²) < 4.78 is 13.0. The van der Waals surface area contributed by atoms with E-state index in [0.717, 1.165) is 32.4 Å². The number of benzene rings is 1. The van der Waals surface area contributed by atoms with Crippen molar-refractivity contribution in [2.45, 2.75) is 19.3 Å². The molecule has 1 saturated carbocycles. The minimum Gasteiger partial charge on any atom is -0.339 e. The molecule has 142 valence electrons. The van der Waals surface area contributed by atoms with Gasteiger partial charge >= 0.3 is 0 Å². The Morgan fingerprint density at radius 2 is 1.58 bits per heavy atom. The lowest BCUT2D eigenvalue weighted by atomic mass is 9.91. The van der Waals surface area contributed by atoms with Crippen LogP contribution in [0.4, 0.5) is 4.39 Å². The maximum Gasteiger partial charge on any atom is 0.253 e. The van der Waals surface area contributed by atoms with E-state index in [1.807, 2.05) is 4.90 Å². The van der Waals surface area contributed by atoms with Crippen LogP contribution in [-0.4, -0.2) is 60.9 Å². The van der Waals surface area contributed by atoms with Crippen LogP contribution in [0, 0.1) is 17.2 Å². The Morgan fingerprint density at radius 3 is 2.19 bits per heavy atom. The average Bonchev–Trinajstić information content (AvgIpc) is 3.34. The van der Waals surface area contributed by atoms with Crippen molar-refractivity contribution in [1.82, 2.24) is 15.1 Å². The van der Waals surface area contributed by atoms with E-state index >= 15 is 0 Å². The minimum absolute atomic E-state index is 0. The van der Waals surface area contributed by atoms with Crippen molar-refractivity contribution in [2.75, 3.05) is 39.3 Å². The quantitative estimate of drug-likeness (QED) is 0.851. The molecule has 2 aliphatic heterocycles. The molecular formula is C19H25ClFN3O2. The molecule has 4 rings (SSSR count). The lowest BCUT2D eigenvalue weighted by Gasteiger charge is -2.35. The van der Waals surface area contributed by atoms with Crippen molar-refractivity contribution in [3.8, 4) is 0 Å². The second-order valence-electron chi connectivity index (χ2n) is 7.49. The highest BCUT2D eigenvalue weighted by molar-refractivity contribution is 5.94. The van der Waals surface area contributed by atoms with Gasteiger partial charge in [-0.1, -0.05) is 0 Å². The first kappa shape index (κ1) is 19.1. The SMILES string of the molecule is Cl.O=C(c1ccc(F)cc1)N1CCN(C(=O)C2CC23CCNCC3)CC1. The van der Waals surface area contributed by atoms with Crippen molar-refractivity contribution in [3.63, 3.8) is 0 Å². The number of hydrogen-bond acceptors (Lipinski definition) is 3. The van der Waals surface area contributed by atoms with Crippen LogP contribution < -0.4 is 5.32 Å². The summed E-state index contributed by atoms with van der Waals surface area (Å²) in [4.78, 5) is 28.9. The number of carbonyl (C=O) groups is 2. The Balaban J connectivity index is 0.00000196. The fraction of sp³-hybridized carbons (Fsp3) is 0.579. The third-order valence-corrected chi connectivity index (χ3v) is 6.06. The fourth-order valence-electron chi connectivity index (χ4n) is 4.30. The number of piperazine rings is 1. The molecule has 3 aliphatic rings. The van der Waals surface area contributed by atoms with Crippen LogP contribution in [0.2, 0.25) is 0 Å². The Bertz CT molecular complexity index is 668. The summed E-state index contributed by atoms with van der Waals surface area (Å²) in [6, 6.07) is 5.64. The van der Waals surface area contributed by atoms with Gasteiger partial charge in [0.05, 0.1) is 0 Å². The Labute approximate surface area is 159 Å². The molecule has 1 N–H and O–H groups in total. The van der Waals surface area contributed by atoms with Crippen LogP contribution in [0.3, 0.4) is 0 Å². The zero-order valence-electron chi connectivity index (χ0n) is 14.7. The molecule has 1 spiro atoms. The summed E-state index contributed by atoms with van der Waals surface area (Å²) in [7, 11) is 0. The number of nitrogens with zero attached hydrogens (tertiary/aromatic N) is 2. The number of carbonyl (C=O) groups excluding carboxylic acids is 2. The van der Waals surface area contributed by atoms with Crippen LogP contribution in [0.25, 0.3) is 0 Å². The van der Waals surface area contributed by atoms with Crippen molar-refractivity contribution in [3.05, 3.63) is 35.6 Å². The van der Waals surface area contributed by atoms with E-state index in [2.05, 4.69) is 5.32 Å². The fourth-order valence-corrected chi connectivity index (χ4v) is 4.30. The van der Waals surface area contributed by atoms with E-state index in [-0.39, 0.29) is 41.4 Å². The molecule has 7 heteroatoms. The van der Waals surface area contributed by atoms with Crippen LogP contribution in [0.1, 0.15) is 29.6 Å². The first-order valence-corrected chi connectivity index (χ1v) is 9.13. The monoisotopic (exact) mass is 381 g/mol. The number of hydrogen-bond donors (Lipinski definition) is 1. The highest BCUT2D eigenvalue weighted by atomic mass is 35.5. The maximum atomic E-state index is 13.0. The van der Waals surface area contributed by atoms with Crippen molar-refractivity contribution < 1.29 is 14.0 Å². The molecule has 0 aromatic heterocycles. The predicted octanol–water partition coefficient (Wildman–Crippen LogP) is 1.92. The van der Waals surface area contributed by atoms with E-state index in [9.17, 15) is 14.0 Å². The highest BCUT2D eigenvalue weighted by Gasteiger charge is 2.58. The molecule has 1 aromatic carbocycles. The molecule has 1 aromatic rings. The standard InChI is InChI=1S/C19H24FN3O2.ClH/c20-15-3-1-14(2-4-15)17(24)22-9-11-23(12-10-22)18(25)16-13-19(16)5-7-21-8-6-19;/h1-4,16,21H,5-13H2;1H. The summed E-state index contributed by atoms with van der Waals surface area (Å²) in [5, 5.41) is 3.36. The average molecular weight is 382 g/mol. The first-order chi connectivity index (χ1) is 12.1. The zero-order valence-corrected chi connectivity index (χ0v) is 15.6. The Morgan fingerprint density at radius 1 is 1.00 bits per heavy atom. The van der Waals surface area contributed by atoms with Gasteiger partial charge in [-0.05, 0) is 62.0 Å². The number of nitrogens with one attached hydrogen (secondary N) is 1. The lowest BCUT2D eigenvalue weighted by Crippen LogP contribution is -2.51. The molecule has 1 unspecified atom stereocenters. The highest BCUT2D eigenvalue weighted by Crippen LogP contribution is 2.59. The van der Waals surface area contributed by atoms with Crippen molar-refractivity contribution in [1.29, 1.82) is 0 Å². The van der Waals surface area contributed by atoms with Gasteiger partial charge in [-0.3, -0.25) is 9.59 Å². The Hall–Kier alpha value is -1.66. The van der Waals surface area contributed by atoms with E-state index in [1.165, 1.54) is 24.3 Å². The third-order valence-electron chi connectivity index (χ3n) is 6.06. The summed E-state index contributed by atoms with van der Waals surface area (Å²) in [6.07, 6.45) is 3.24. The maximum absolute atomic E-state index is 13.0. The van der Waals surface area contributed by atoms with Gasteiger partial charge in [-0.15, -0.1) is 12.4 Å². The second kappa shape index (κ2) is 7.53. The molecule has 0 bridgehead atoms. The predicted molar refractivity (Wildman–Crippen MR) is 98.8 cm³/mol. The van der Waals surface area contributed by atoms with Gasteiger partial charge in [0.15, 0.2) is 0 Å². The second-order valence-corrected chi connectivity index (χ2v) is 7.49. The molecular weight excluding hydrogens is 357 g/mol. The van der Waals surface area contributed by atoms with Gasteiger partial charge < -0.3 is 15.1 Å². The van der Waals surface area contributed by atoms with Gasteiger partial charge in [0.25, 0.3) is 5.91 Å². The molecule has 2 saturated heterocycles. The smallest absolute Gasteiger partial charge is 0.253 e. The summed E-state index contributed by atoms with van der Waals surface area (Å²) in [5.74, 6) is 0.0290. The molecule has 3 fully saturated rings. The van der Waals surface area contributed by atoms with E-state index < -0.39 is 0 Å². The van der Waals surface area contributed by atoms with Gasteiger partial charge in [-0.25, -0.2) is 4.39 Å². The topological polar surface area (TPSA) is 52.7 Å². The van der Waals surface area contributed by atoms with E-state index in [1.54, 1.807) is 4.90 Å². The number of amides is 2. The van der Waals surface area contributed by atoms with Crippen LogP contribution in [-0.2, 0) is 4.79 Å². The van der Waals surface area contributed by atoms with Crippen LogP contribution in [0.15, 0.2) is 24.3 Å². The molecule has 1 aliphatic carbocycles. The summed E-state index contributed by atoms with van der Waals surface area (Å²) in [6.45, 7) is 4.31. The third kappa shape index (κ3) is 3.58. The molecule has 2 amide bonds. The van der Waals surface area contributed by atoms with Gasteiger partial charge in [0.2, 0.25) is 5.91 Å². The lowest BCUT2D eigenvalue weighted by molar-refractivity contribution is -0.135. The van der Waals surface area contributed by atoms with Crippen LogP contribution in [0.5, 0.6) is 0 Å². The zero-order chi connectivity index (χ0) is 17.4. The molecule has 1 atom stereocenters. The largest absolute Gasteiger partial charge is 0.339 e. The molecule has 0 radical (unpaired) electrons.